The SMILES string of the molecule is CCSc1ccc(NC)nc1-c1nc2cc(C(F)(F)F)cnc2n1C. The molecule has 0 radical (unpaired) electrons. The second-order valence-electron chi connectivity index (χ2n) is 5.29. The largest absolute Gasteiger partial charge is 0.417 e. The number of hydrogen-bond acceptors (Lipinski definition) is 5. The molecule has 0 aliphatic heterocycles. The summed E-state index contributed by atoms with van der Waals surface area (Å²) >= 11 is 1.60. The van der Waals surface area contributed by atoms with Crippen molar-refractivity contribution in [2.75, 3.05) is 18.1 Å². The molecule has 1 N–H and O–H groups in total. The zero-order valence-electron chi connectivity index (χ0n) is 13.8. The fourth-order valence-corrected chi connectivity index (χ4v) is 3.21. The number of aromatic nitrogens is 4. The first-order valence-corrected chi connectivity index (χ1v) is 8.55. The summed E-state index contributed by atoms with van der Waals surface area (Å²) in [5.74, 6) is 1.98. The molecule has 0 bridgehead atoms. The molecule has 0 saturated heterocycles. The van der Waals surface area contributed by atoms with E-state index in [1.165, 1.54) is 0 Å². The molecule has 9 heteroatoms. The van der Waals surface area contributed by atoms with Gasteiger partial charge in [-0.25, -0.2) is 15.0 Å². The van der Waals surface area contributed by atoms with Gasteiger partial charge in [0.2, 0.25) is 0 Å². The van der Waals surface area contributed by atoms with Crippen LogP contribution >= 0.6 is 11.8 Å². The number of nitrogens with one attached hydrogen (secondary N) is 1. The highest BCUT2D eigenvalue weighted by Crippen LogP contribution is 2.34. The van der Waals surface area contributed by atoms with Gasteiger partial charge in [0.25, 0.3) is 0 Å². The van der Waals surface area contributed by atoms with Gasteiger partial charge in [-0.15, -0.1) is 11.8 Å². The molecule has 0 spiro atoms. The molecule has 0 aliphatic carbocycles. The van der Waals surface area contributed by atoms with Crippen LogP contribution in [-0.2, 0) is 13.2 Å². The summed E-state index contributed by atoms with van der Waals surface area (Å²) in [6.45, 7) is 2.02. The first-order chi connectivity index (χ1) is 11.8. The molecule has 0 aromatic carbocycles. The zero-order chi connectivity index (χ0) is 18.2. The number of alkyl halides is 3. The fourth-order valence-electron chi connectivity index (χ4n) is 2.46. The molecule has 3 aromatic heterocycles. The van der Waals surface area contributed by atoms with Crippen molar-refractivity contribution >= 4 is 28.7 Å². The van der Waals surface area contributed by atoms with Crippen LogP contribution in [0.25, 0.3) is 22.7 Å². The summed E-state index contributed by atoms with van der Waals surface area (Å²) < 4.78 is 40.4. The van der Waals surface area contributed by atoms with Crippen LogP contribution < -0.4 is 5.32 Å². The van der Waals surface area contributed by atoms with Crippen LogP contribution in [-0.4, -0.2) is 32.3 Å². The van der Waals surface area contributed by atoms with Crippen molar-refractivity contribution in [2.24, 2.45) is 7.05 Å². The Hall–Kier alpha value is -2.29. The zero-order valence-corrected chi connectivity index (χ0v) is 14.7. The van der Waals surface area contributed by atoms with Gasteiger partial charge >= 0.3 is 6.18 Å². The van der Waals surface area contributed by atoms with Crippen LogP contribution in [0.15, 0.2) is 29.3 Å². The van der Waals surface area contributed by atoms with Gasteiger partial charge in [0, 0.05) is 25.2 Å². The lowest BCUT2D eigenvalue weighted by Crippen LogP contribution is -2.05. The van der Waals surface area contributed by atoms with Gasteiger partial charge in [-0.05, 0) is 24.0 Å². The van der Waals surface area contributed by atoms with Crippen molar-refractivity contribution in [3.63, 3.8) is 0 Å². The number of thioether (sulfide) groups is 1. The van der Waals surface area contributed by atoms with E-state index in [1.54, 1.807) is 30.4 Å². The monoisotopic (exact) mass is 367 g/mol. The van der Waals surface area contributed by atoms with Crippen molar-refractivity contribution < 1.29 is 13.2 Å². The molecular formula is C16H16F3N5S. The molecule has 5 nitrogen and oxygen atoms in total. The molecule has 3 rings (SSSR count). The number of nitrogens with zero attached hydrogens (tertiary/aromatic N) is 4. The van der Waals surface area contributed by atoms with Gasteiger partial charge in [0.15, 0.2) is 11.5 Å². The van der Waals surface area contributed by atoms with E-state index in [2.05, 4.69) is 20.3 Å². The Balaban J connectivity index is 2.20. The fraction of sp³-hybridized carbons (Fsp3) is 0.312. The van der Waals surface area contributed by atoms with Gasteiger partial charge in [0.1, 0.15) is 17.0 Å². The quantitative estimate of drug-likeness (QED) is 0.701. The number of anilines is 1. The molecule has 0 amide bonds. The molecule has 3 aromatic rings. The summed E-state index contributed by atoms with van der Waals surface area (Å²) in [6.07, 6.45) is -3.63. The standard InChI is InChI=1S/C16H16F3N5S/c1-4-25-11-5-6-12(20-2)23-13(11)15-22-10-7-9(16(17,18)19)8-21-14(10)24(15)3/h5-8H,4H2,1-3H3,(H,20,23). The summed E-state index contributed by atoms with van der Waals surface area (Å²) in [5.41, 5.74) is 0.376. The number of imidazole rings is 1. The average Bonchev–Trinajstić information content (AvgIpc) is 2.91. The molecule has 132 valence electrons. The highest BCUT2D eigenvalue weighted by Gasteiger charge is 2.32. The first kappa shape index (κ1) is 17.5. The molecule has 0 saturated carbocycles. The predicted octanol–water partition coefficient (Wildman–Crippen LogP) is 4.20. The van der Waals surface area contributed by atoms with E-state index >= 15 is 0 Å². The second-order valence-corrected chi connectivity index (χ2v) is 6.59. The van der Waals surface area contributed by atoms with E-state index in [0.717, 1.165) is 22.9 Å². The summed E-state index contributed by atoms with van der Waals surface area (Å²) in [5, 5.41) is 2.97. The lowest BCUT2D eigenvalue weighted by molar-refractivity contribution is -0.137. The van der Waals surface area contributed by atoms with E-state index in [4.69, 9.17) is 0 Å². The van der Waals surface area contributed by atoms with Crippen molar-refractivity contribution in [1.29, 1.82) is 0 Å². The number of hydrogen-bond donors (Lipinski definition) is 1. The smallest absolute Gasteiger partial charge is 0.373 e. The van der Waals surface area contributed by atoms with Crippen molar-refractivity contribution in [2.45, 2.75) is 18.0 Å². The highest BCUT2D eigenvalue weighted by molar-refractivity contribution is 7.99. The van der Waals surface area contributed by atoms with E-state index in [1.807, 2.05) is 19.1 Å². The van der Waals surface area contributed by atoms with Gasteiger partial charge in [-0.3, -0.25) is 0 Å². The van der Waals surface area contributed by atoms with Crippen LogP contribution in [0.5, 0.6) is 0 Å². The van der Waals surface area contributed by atoms with Crippen LogP contribution in [0, 0.1) is 0 Å². The van der Waals surface area contributed by atoms with E-state index < -0.39 is 11.7 Å². The topological polar surface area (TPSA) is 55.6 Å². The Bertz CT molecular complexity index is 920. The van der Waals surface area contributed by atoms with Crippen molar-refractivity contribution in [3.05, 3.63) is 30.0 Å². The number of fused-ring (bicyclic) bond motifs is 1. The third-order valence-corrected chi connectivity index (χ3v) is 4.59. The normalized spacial score (nSPS) is 11.9. The van der Waals surface area contributed by atoms with E-state index in [9.17, 15) is 13.2 Å². The summed E-state index contributed by atoms with van der Waals surface area (Å²) in [6, 6.07) is 4.79. The minimum absolute atomic E-state index is 0.191. The number of rotatable bonds is 4. The minimum Gasteiger partial charge on any atom is -0.373 e. The Morgan fingerprint density at radius 1 is 1.24 bits per heavy atom. The molecule has 25 heavy (non-hydrogen) atoms. The Morgan fingerprint density at radius 3 is 2.64 bits per heavy atom. The molecule has 3 heterocycles. The second kappa shape index (κ2) is 6.55. The van der Waals surface area contributed by atoms with E-state index in [-0.39, 0.29) is 5.52 Å². The Kier molecular flexibility index (Phi) is 4.59. The predicted molar refractivity (Wildman–Crippen MR) is 92.7 cm³/mol. The van der Waals surface area contributed by atoms with Gasteiger partial charge in [0.05, 0.1) is 5.56 Å². The van der Waals surface area contributed by atoms with Crippen LogP contribution in [0.3, 0.4) is 0 Å². The molecule has 0 unspecified atom stereocenters. The molecule has 0 atom stereocenters. The van der Waals surface area contributed by atoms with E-state index in [0.29, 0.717) is 23.0 Å². The Morgan fingerprint density at radius 2 is 2.00 bits per heavy atom. The lowest BCUT2D eigenvalue weighted by Gasteiger charge is -2.09. The summed E-state index contributed by atoms with van der Waals surface area (Å²) in [7, 11) is 3.48. The third-order valence-electron chi connectivity index (χ3n) is 3.66. The minimum atomic E-state index is -4.45. The Labute approximate surface area is 146 Å². The summed E-state index contributed by atoms with van der Waals surface area (Å²) in [4.78, 5) is 13.8. The highest BCUT2D eigenvalue weighted by atomic mass is 32.2. The van der Waals surface area contributed by atoms with Crippen LogP contribution in [0.1, 0.15) is 12.5 Å². The maximum atomic E-state index is 12.9. The number of halogens is 3. The van der Waals surface area contributed by atoms with Crippen LogP contribution in [0.2, 0.25) is 0 Å². The molecule has 0 fully saturated rings. The first-order valence-electron chi connectivity index (χ1n) is 7.56. The van der Waals surface area contributed by atoms with Gasteiger partial charge in [-0.1, -0.05) is 6.92 Å². The maximum absolute atomic E-state index is 12.9. The number of aryl methyl sites for hydroxylation is 1. The lowest BCUT2D eigenvalue weighted by atomic mass is 10.2. The van der Waals surface area contributed by atoms with Crippen LogP contribution in [0.4, 0.5) is 19.0 Å². The van der Waals surface area contributed by atoms with Gasteiger partial charge < -0.3 is 9.88 Å². The van der Waals surface area contributed by atoms with Crippen molar-refractivity contribution in [1.82, 2.24) is 19.5 Å². The van der Waals surface area contributed by atoms with Crippen molar-refractivity contribution in [3.8, 4) is 11.5 Å². The number of pyridine rings is 2. The maximum Gasteiger partial charge on any atom is 0.417 e. The molecular weight excluding hydrogens is 351 g/mol. The van der Waals surface area contributed by atoms with Gasteiger partial charge in [-0.2, -0.15) is 13.2 Å². The molecule has 0 aliphatic rings. The average molecular weight is 367 g/mol. The third kappa shape index (κ3) is 3.28.